The first kappa shape index (κ1) is 16.6. The minimum Gasteiger partial charge on any atom is -0.359 e. The lowest BCUT2D eigenvalue weighted by Crippen LogP contribution is -2.46. The van der Waals surface area contributed by atoms with Crippen LogP contribution in [0.2, 0.25) is 0 Å². The lowest BCUT2D eigenvalue weighted by molar-refractivity contribution is -0.118. The first-order valence-electron chi connectivity index (χ1n) is 9.10. The third-order valence-electron chi connectivity index (χ3n) is 5.28. The van der Waals surface area contributed by atoms with Crippen molar-refractivity contribution in [3.63, 3.8) is 0 Å². The van der Waals surface area contributed by atoms with E-state index in [2.05, 4.69) is 29.3 Å². The highest BCUT2D eigenvalue weighted by Gasteiger charge is 2.33. The standard InChI is InChI=1S/C21H23N3O2/c1-14-11-16-7-3-5-9-18(16)23(14)13-21(26)24-15(2)12-20(25)22-17-8-4-6-10-19(17)24/h3-10,14-15H,11-13H2,1-2H3,(H,22,25)/t14-,15-/m0/s1. The number of amides is 2. The van der Waals surface area contributed by atoms with Crippen molar-refractivity contribution in [2.45, 2.75) is 38.8 Å². The molecule has 134 valence electrons. The van der Waals surface area contributed by atoms with Gasteiger partial charge < -0.3 is 15.1 Å². The smallest absolute Gasteiger partial charge is 0.246 e. The van der Waals surface area contributed by atoms with Gasteiger partial charge in [-0.1, -0.05) is 30.3 Å². The van der Waals surface area contributed by atoms with E-state index in [0.717, 1.165) is 17.8 Å². The van der Waals surface area contributed by atoms with Gasteiger partial charge in [0.05, 0.1) is 17.9 Å². The fourth-order valence-electron chi connectivity index (χ4n) is 4.06. The first-order valence-corrected chi connectivity index (χ1v) is 9.10. The molecule has 0 fully saturated rings. The van der Waals surface area contributed by atoms with Crippen molar-refractivity contribution < 1.29 is 9.59 Å². The number of nitrogens with zero attached hydrogens (tertiary/aromatic N) is 2. The van der Waals surface area contributed by atoms with Gasteiger partial charge in [-0.05, 0) is 44.0 Å². The minimum atomic E-state index is -0.181. The fraction of sp³-hybridized carbons (Fsp3) is 0.333. The summed E-state index contributed by atoms with van der Waals surface area (Å²) in [5.74, 6) is -0.0369. The highest BCUT2D eigenvalue weighted by atomic mass is 16.2. The zero-order valence-corrected chi connectivity index (χ0v) is 15.1. The van der Waals surface area contributed by atoms with Crippen molar-refractivity contribution in [3.05, 3.63) is 54.1 Å². The Labute approximate surface area is 153 Å². The highest BCUT2D eigenvalue weighted by molar-refractivity contribution is 6.05. The molecule has 0 bridgehead atoms. The van der Waals surface area contributed by atoms with Gasteiger partial charge in [0.25, 0.3) is 0 Å². The summed E-state index contributed by atoms with van der Waals surface area (Å²) in [4.78, 5) is 29.4. The van der Waals surface area contributed by atoms with Crippen LogP contribution in [-0.2, 0) is 16.0 Å². The number of anilines is 3. The molecule has 0 unspecified atom stereocenters. The molecule has 2 aliphatic rings. The molecule has 0 saturated heterocycles. The fourth-order valence-corrected chi connectivity index (χ4v) is 4.06. The average molecular weight is 349 g/mol. The van der Waals surface area contributed by atoms with E-state index in [1.54, 1.807) is 4.90 Å². The lowest BCUT2D eigenvalue weighted by Gasteiger charge is -2.32. The molecular formula is C21H23N3O2. The molecule has 2 aliphatic heterocycles. The van der Waals surface area contributed by atoms with Gasteiger partial charge in [-0.3, -0.25) is 9.59 Å². The van der Waals surface area contributed by atoms with Crippen molar-refractivity contribution in [1.82, 2.24) is 0 Å². The number of nitrogens with one attached hydrogen (secondary N) is 1. The van der Waals surface area contributed by atoms with E-state index < -0.39 is 0 Å². The van der Waals surface area contributed by atoms with Gasteiger partial charge >= 0.3 is 0 Å². The largest absolute Gasteiger partial charge is 0.359 e. The molecule has 2 aromatic carbocycles. The van der Waals surface area contributed by atoms with Crippen molar-refractivity contribution in [1.29, 1.82) is 0 Å². The Balaban J connectivity index is 1.65. The van der Waals surface area contributed by atoms with Crippen LogP contribution in [0.1, 0.15) is 25.8 Å². The molecule has 0 radical (unpaired) electrons. The zero-order chi connectivity index (χ0) is 18.3. The van der Waals surface area contributed by atoms with Crippen LogP contribution in [0.25, 0.3) is 0 Å². The zero-order valence-electron chi connectivity index (χ0n) is 15.1. The van der Waals surface area contributed by atoms with Crippen LogP contribution in [0.3, 0.4) is 0 Å². The third kappa shape index (κ3) is 2.83. The molecule has 2 amide bonds. The van der Waals surface area contributed by atoms with Gasteiger partial charge in [0.1, 0.15) is 0 Å². The Kier molecular flexibility index (Phi) is 4.15. The molecule has 0 saturated carbocycles. The number of para-hydroxylation sites is 3. The van der Waals surface area contributed by atoms with E-state index in [1.807, 2.05) is 43.3 Å². The molecule has 0 aliphatic carbocycles. The number of rotatable bonds is 2. The van der Waals surface area contributed by atoms with Crippen LogP contribution < -0.4 is 15.1 Å². The number of hydrogen-bond donors (Lipinski definition) is 1. The van der Waals surface area contributed by atoms with Crippen molar-refractivity contribution in [2.24, 2.45) is 0 Å². The second-order valence-corrected chi connectivity index (χ2v) is 7.19. The Hall–Kier alpha value is -2.82. The number of hydrogen-bond acceptors (Lipinski definition) is 3. The van der Waals surface area contributed by atoms with Gasteiger partial charge in [-0.15, -0.1) is 0 Å². The maximum Gasteiger partial charge on any atom is 0.246 e. The summed E-state index contributed by atoms with van der Waals surface area (Å²) in [6, 6.07) is 15.9. The third-order valence-corrected chi connectivity index (χ3v) is 5.28. The Morgan fingerprint density at radius 2 is 1.69 bits per heavy atom. The summed E-state index contributed by atoms with van der Waals surface area (Å²) in [6.07, 6.45) is 1.25. The Morgan fingerprint density at radius 3 is 2.50 bits per heavy atom. The maximum atomic E-state index is 13.3. The minimum absolute atomic E-state index is 0.0185. The van der Waals surface area contributed by atoms with E-state index in [-0.39, 0.29) is 23.9 Å². The molecule has 2 atom stereocenters. The quantitative estimate of drug-likeness (QED) is 0.906. The van der Waals surface area contributed by atoms with E-state index in [0.29, 0.717) is 18.7 Å². The first-order chi connectivity index (χ1) is 12.5. The number of carbonyl (C=O) groups is 2. The second-order valence-electron chi connectivity index (χ2n) is 7.19. The normalized spacial score (nSPS) is 21.7. The van der Waals surface area contributed by atoms with Gasteiger partial charge in [0.15, 0.2) is 0 Å². The number of benzene rings is 2. The predicted octanol–water partition coefficient (Wildman–Crippen LogP) is 3.20. The maximum absolute atomic E-state index is 13.3. The van der Waals surface area contributed by atoms with Crippen LogP contribution in [0.4, 0.5) is 17.1 Å². The van der Waals surface area contributed by atoms with Crippen LogP contribution in [0, 0.1) is 0 Å². The summed E-state index contributed by atoms with van der Waals surface area (Å²) in [6.45, 7) is 4.39. The molecule has 2 aromatic rings. The lowest BCUT2D eigenvalue weighted by atomic mass is 10.1. The summed E-state index contributed by atoms with van der Waals surface area (Å²) >= 11 is 0. The number of fused-ring (bicyclic) bond motifs is 2. The monoisotopic (exact) mass is 349 g/mol. The molecular weight excluding hydrogens is 326 g/mol. The second kappa shape index (κ2) is 6.48. The molecule has 0 spiro atoms. The van der Waals surface area contributed by atoms with Gasteiger partial charge in [-0.25, -0.2) is 0 Å². The SMILES string of the molecule is C[C@H]1Cc2ccccc2N1CC(=O)N1c2ccccc2NC(=O)C[C@@H]1C. The average Bonchev–Trinajstić information content (AvgIpc) is 2.84. The van der Waals surface area contributed by atoms with Crippen LogP contribution in [0.5, 0.6) is 0 Å². The molecule has 5 nitrogen and oxygen atoms in total. The van der Waals surface area contributed by atoms with E-state index in [9.17, 15) is 9.59 Å². The molecule has 26 heavy (non-hydrogen) atoms. The van der Waals surface area contributed by atoms with Crippen LogP contribution >= 0.6 is 0 Å². The van der Waals surface area contributed by atoms with Gasteiger partial charge in [-0.2, -0.15) is 0 Å². The topological polar surface area (TPSA) is 52.7 Å². The van der Waals surface area contributed by atoms with E-state index in [4.69, 9.17) is 0 Å². The van der Waals surface area contributed by atoms with E-state index >= 15 is 0 Å². The Bertz CT molecular complexity index is 864. The summed E-state index contributed by atoms with van der Waals surface area (Å²) in [5, 5.41) is 2.91. The number of carbonyl (C=O) groups excluding carboxylic acids is 2. The molecule has 0 aromatic heterocycles. The van der Waals surface area contributed by atoms with E-state index in [1.165, 1.54) is 5.56 Å². The summed E-state index contributed by atoms with van der Waals surface area (Å²) in [5.41, 5.74) is 3.90. The molecule has 5 heteroatoms. The Morgan fingerprint density at radius 1 is 1.00 bits per heavy atom. The molecule has 4 rings (SSSR count). The summed E-state index contributed by atoms with van der Waals surface area (Å²) < 4.78 is 0. The van der Waals surface area contributed by atoms with Gasteiger partial charge in [0.2, 0.25) is 11.8 Å². The van der Waals surface area contributed by atoms with Crippen molar-refractivity contribution in [3.8, 4) is 0 Å². The summed E-state index contributed by atoms with van der Waals surface area (Å²) in [7, 11) is 0. The van der Waals surface area contributed by atoms with Crippen molar-refractivity contribution >= 4 is 28.9 Å². The predicted molar refractivity (Wildman–Crippen MR) is 104 cm³/mol. The highest BCUT2D eigenvalue weighted by Crippen LogP contribution is 2.34. The van der Waals surface area contributed by atoms with Crippen LogP contribution in [0.15, 0.2) is 48.5 Å². The molecule has 2 heterocycles. The van der Waals surface area contributed by atoms with Crippen LogP contribution in [-0.4, -0.2) is 30.4 Å². The molecule has 1 N–H and O–H groups in total. The van der Waals surface area contributed by atoms with Crippen molar-refractivity contribution in [2.75, 3.05) is 21.7 Å². The van der Waals surface area contributed by atoms with Gasteiger partial charge in [0, 0.05) is 24.2 Å².